The van der Waals surface area contributed by atoms with Crippen LogP contribution in [0.1, 0.15) is 22.3 Å². The minimum Gasteiger partial charge on any atom is -0.317 e. The first-order valence-electron chi connectivity index (χ1n) is 15.9. The Bertz CT molecular complexity index is 2340. The number of aliphatic imine (C=N–C) groups is 1. The van der Waals surface area contributed by atoms with E-state index >= 15 is 0 Å². The summed E-state index contributed by atoms with van der Waals surface area (Å²) in [6.45, 7) is 5.14. The normalized spacial score (nSPS) is 14.5. The lowest BCUT2D eigenvalue weighted by atomic mass is 9.90. The van der Waals surface area contributed by atoms with E-state index in [1.165, 1.54) is 36.9 Å². The van der Waals surface area contributed by atoms with Gasteiger partial charge in [0.15, 0.2) is 0 Å². The Morgan fingerprint density at radius 1 is 0.660 bits per heavy atom. The Morgan fingerprint density at radius 3 is 2.26 bits per heavy atom. The van der Waals surface area contributed by atoms with E-state index < -0.39 is 0 Å². The molecule has 0 unspecified atom stereocenters. The average molecular weight is 621 g/mol. The van der Waals surface area contributed by atoms with Crippen LogP contribution < -0.4 is 4.90 Å². The predicted octanol–water partition coefficient (Wildman–Crippen LogP) is 12.0. The van der Waals surface area contributed by atoms with Gasteiger partial charge in [-0.25, -0.2) is 0 Å². The molecule has 0 radical (unpaired) electrons. The van der Waals surface area contributed by atoms with Crippen molar-refractivity contribution >= 4 is 54.2 Å². The first kappa shape index (κ1) is 28.7. The Labute approximate surface area is 279 Å². The second kappa shape index (κ2) is 12.6. The highest BCUT2D eigenvalue weighted by atomic mass is 32.1. The molecule has 0 amide bonds. The van der Waals surface area contributed by atoms with Crippen molar-refractivity contribution in [1.82, 2.24) is 0 Å². The van der Waals surface area contributed by atoms with E-state index in [9.17, 15) is 0 Å². The van der Waals surface area contributed by atoms with Crippen molar-refractivity contribution in [3.05, 3.63) is 199 Å². The fraction of sp³-hybridized carbons (Fsp3) is 0.0227. The highest BCUT2D eigenvalue weighted by Crippen LogP contribution is 2.39. The average Bonchev–Trinajstić information content (AvgIpc) is 3.51. The SMILES string of the molecule is C=C1/C=C\C=C/N(c2cccc(-c3ccccc3)c2)c2cccc(C(=NCc3cccc4c3sc3ccccc34)c3ccccc3)c21. The summed E-state index contributed by atoms with van der Waals surface area (Å²) in [7, 11) is 0. The van der Waals surface area contributed by atoms with E-state index in [-0.39, 0.29) is 0 Å². The van der Waals surface area contributed by atoms with E-state index in [0.29, 0.717) is 6.54 Å². The summed E-state index contributed by atoms with van der Waals surface area (Å²) in [5.74, 6) is 0. The van der Waals surface area contributed by atoms with Crippen LogP contribution in [0.4, 0.5) is 11.4 Å². The van der Waals surface area contributed by atoms with E-state index in [4.69, 9.17) is 4.99 Å². The molecular formula is C44H32N2S. The molecule has 0 atom stereocenters. The second-order valence-electron chi connectivity index (χ2n) is 11.6. The molecule has 0 aliphatic carbocycles. The molecule has 0 saturated heterocycles. The van der Waals surface area contributed by atoms with Crippen LogP contribution >= 0.6 is 11.3 Å². The molecule has 1 aromatic heterocycles. The molecule has 224 valence electrons. The maximum Gasteiger partial charge on any atom is 0.0730 e. The van der Waals surface area contributed by atoms with Gasteiger partial charge in [0.2, 0.25) is 0 Å². The van der Waals surface area contributed by atoms with Crippen molar-refractivity contribution in [2.24, 2.45) is 4.99 Å². The van der Waals surface area contributed by atoms with Crippen LogP contribution in [-0.4, -0.2) is 5.71 Å². The highest BCUT2D eigenvalue weighted by Gasteiger charge is 2.21. The van der Waals surface area contributed by atoms with Crippen LogP contribution in [0.2, 0.25) is 0 Å². The molecular weight excluding hydrogens is 589 g/mol. The molecule has 47 heavy (non-hydrogen) atoms. The number of anilines is 2. The van der Waals surface area contributed by atoms with Crippen LogP contribution in [0.25, 0.3) is 36.9 Å². The summed E-state index contributed by atoms with van der Waals surface area (Å²) in [5, 5.41) is 2.60. The monoisotopic (exact) mass is 620 g/mol. The summed E-state index contributed by atoms with van der Waals surface area (Å²) >= 11 is 1.85. The summed E-state index contributed by atoms with van der Waals surface area (Å²) in [6, 6.07) is 51.6. The summed E-state index contributed by atoms with van der Waals surface area (Å²) in [6.07, 6.45) is 8.37. The maximum atomic E-state index is 5.42. The highest BCUT2D eigenvalue weighted by molar-refractivity contribution is 7.26. The molecule has 2 nitrogen and oxygen atoms in total. The number of thiophene rings is 1. The zero-order chi connectivity index (χ0) is 31.6. The van der Waals surface area contributed by atoms with Crippen molar-refractivity contribution in [3.8, 4) is 11.1 Å². The topological polar surface area (TPSA) is 15.6 Å². The first-order valence-corrected chi connectivity index (χ1v) is 16.7. The fourth-order valence-corrected chi connectivity index (χ4v) is 7.67. The molecule has 0 N–H and O–H groups in total. The van der Waals surface area contributed by atoms with Gasteiger partial charge in [0.1, 0.15) is 0 Å². The van der Waals surface area contributed by atoms with Crippen molar-refractivity contribution < 1.29 is 0 Å². The Hall–Kier alpha value is -5.77. The lowest BCUT2D eigenvalue weighted by molar-refractivity contribution is 1.08. The van der Waals surface area contributed by atoms with Gasteiger partial charge in [0.25, 0.3) is 0 Å². The zero-order valence-corrected chi connectivity index (χ0v) is 26.7. The molecule has 0 bridgehead atoms. The molecule has 0 saturated carbocycles. The van der Waals surface area contributed by atoms with E-state index in [2.05, 4.69) is 181 Å². The summed E-state index contributed by atoms with van der Waals surface area (Å²) in [5.41, 5.74) is 10.9. The molecule has 6 aromatic carbocycles. The maximum absolute atomic E-state index is 5.42. The minimum atomic E-state index is 0.573. The van der Waals surface area contributed by atoms with Gasteiger partial charge in [-0.2, -0.15) is 0 Å². The standard InChI is InChI=1S/C44H32N2S/c1-31-15-10-11-28-46(36-22-12-20-34(29-36)32-16-4-2-5-17-32)40-26-14-25-39(42(31)40)43(33-18-6-3-7-19-33)45-30-35-21-13-24-38-37-23-8-9-27-41(37)47-44(35)38/h2-29H,1,30H2/b15-10-,28-11-,45-43?. The largest absolute Gasteiger partial charge is 0.317 e. The van der Waals surface area contributed by atoms with E-state index in [0.717, 1.165) is 39.3 Å². The van der Waals surface area contributed by atoms with Crippen molar-refractivity contribution in [1.29, 1.82) is 0 Å². The fourth-order valence-electron chi connectivity index (χ4n) is 6.46. The van der Waals surface area contributed by atoms with Gasteiger partial charge < -0.3 is 4.90 Å². The van der Waals surface area contributed by atoms with E-state index in [1.807, 2.05) is 11.3 Å². The number of hydrogen-bond donors (Lipinski definition) is 0. The quantitative estimate of drug-likeness (QED) is 0.169. The lowest BCUT2D eigenvalue weighted by Gasteiger charge is -2.27. The number of rotatable bonds is 6. The number of allylic oxidation sites excluding steroid dienone is 4. The molecule has 2 heterocycles. The molecule has 3 heteroatoms. The Balaban J connectivity index is 1.28. The summed E-state index contributed by atoms with van der Waals surface area (Å²) in [4.78, 5) is 7.69. The molecule has 0 spiro atoms. The number of fused-ring (bicyclic) bond motifs is 4. The van der Waals surface area contributed by atoms with Crippen LogP contribution in [0.15, 0.2) is 182 Å². The van der Waals surface area contributed by atoms with Gasteiger partial charge >= 0.3 is 0 Å². The second-order valence-corrected chi connectivity index (χ2v) is 12.7. The van der Waals surface area contributed by atoms with Gasteiger partial charge in [0.05, 0.1) is 17.9 Å². The van der Waals surface area contributed by atoms with Crippen molar-refractivity contribution in [2.75, 3.05) is 4.90 Å². The molecule has 1 aliphatic rings. The number of hydrogen-bond acceptors (Lipinski definition) is 3. The van der Waals surface area contributed by atoms with Crippen molar-refractivity contribution in [3.63, 3.8) is 0 Å². The zero-order valence-electron chi connectivity index (χ0n) is 25.9. The van der Waals surface area contributed by atoms with Gasteiger partial charge in [-0.15, -0.1) is 11.3 Å². The van der Waals surface area contributed by atoms with Gasteiger partial charge in [-0.1, -0.05) is 140 Å². The van der Waals surface area contributed by atoms with Crippen LogP contribution in [0.3, 0.4) is 0 Å². The van der Waals surface area contributed by atoms with Crippen molar-refractivity contribution in [2.45, 2.75) is 6.54 Å². The third-order valence-corrected chi connectivity index (χ3v) is 9.96. The Morgan fingerprint density at radius 2 is 1.38 bits per heavy atom. The van der Waals surface area contributed by atoms with Crippen LogP contribution in [0, 0.1) is 0 Å². The molecule has 7 aromatic rings. The smallest absolute Gasteiger partial charge is 0.0730 e. The van der Waals surface area contributed by atoms with Gasteiger partial charge in [-0.3, -0.25) is 4.99 Å². The molecule has 1 aliphatic heterocycles. The van der Waals surface area contributed by atoms with Gasteiger partial charge in [-0.05, 0) is 52.6 Å². The molecule has 0 fully saturated rings. The minimum absolute atomic E-state index is 0.573. The van der Waals surface area contributed by atoms with Gasteiger partial charge in [0, 0.05) is 48.7 Å². The summed E-state index contributed by atoms with van der Waals surface area (Å²) < 4.78 is 2.61. The number of nitrogens with zero attached hydrogens (tertiary/aromatic N) is 2. The number of benzene rings is 6. The third kappa shape index (κ3) is 5.52. The Kier molecular flexibility index (Phi) is 7.66. The van der Waals surface area contributed by atoms with Crippen LogP contribution in [-0.2, 0) is 6.54 Å². The lowest BCUT2D eigenvalue weighted by Crippen LogP contribution is -2.15. The third-order valence-electron chi connectivity index (χ3n) is 8.69. The predicted molar refractivity (Wildman–Crippen MR) is 203 cm³/mol. The van der Waals surface area contributed by atoms with E-state index in [1.54, 1.807) is 0 Å². The van der Waals surface area contributed by atoms with Crippen LogP contribution in [0.5, 0.6) is 0 Å². The first-order chi connectivity index (χ1) is 23.2. The molecule has 8 rings (SSSR count).